The van der Waals surface area contributed by atoms with Crippen molar-refractivity contribution in [2.45, 2.75) is 39.5 Å². The van der Waals surface area contributed by atoms with E-state index in [0.717, 1.165) is 19.3 Å². The van der Waals surface area contributed by atoms with Crippen LogP contribution < -0.4 is 0 Å². The van der Waals surface area contributed by atoms with Gasteiger partial charge in [0, 0.05) is 6.42 Å². The molecule has 110 valence electrons. The molecule has 4 atom stereocenters. The first-order chi connectivity index (χ1) is 9.52. The van der Waals surface area contributed by atoms with Crippen molar-refractivity contribution in [3.8, 4) is 0 Å². The first-order valence-corrected chi connectivity index (χ1v) is 7.56. The van der Waals surface area contributed by atoms with Crippen LogP contribution in [0.2, 0.25) is 0 Å². The van der Waals surface area contributed by atoms with E-state index in [1.807, 2.05) is 13.0 Å². The van der Waals surface area contributed by atoms with E-state index in [2.05, 4.69) is 13.5 Å². The summed E-state index contributed by atoms with van der Waals surface area (Å²) < 4.78 is 5.19. The number of allylic oxidation sites excluding steroid dienone is 3. The molecule has 0 aromatic carbocycles. The second-order valence-corrected chi connectivity index (χ2v) is 6.07. The molecule has 0 aliphatic heterocycles. The standard InChI is InChI=1S/C17H24O3/c1-4-20-17(19)16-10-14(18)8-7-12-5-6-13(11(2)3)9-15(12)16/h7-8,12-13,15-16H,2,4-6,9-10H2,1,3H3/t12?,13-,15+,16+/m1/s1. The van der Waals surface area contributed by atoms with E-state index < -0.39 is 0 Å². The summed E-state index contributed by atoms with van der Waals surface area (Å²) in [7, 11) is 0. The molecule has 3 nitrogen and oxygen atoms in total. The van der Waals surface area contributed by atoms with Crippen molar-refractivity contribution < 1.29 is 14.3 Å². The van der Waals surface area contributed by atoms with Gasteiger partial charge in [-0.15, -0.1) is 0 Å². The van der Waals surface area contributed by atoms with Crippen LogP contribution in [0.15, 0.2) is 24.3 Å². The summed E-state index contributed by atoms with van der Waals surface area (Å²) in [5, 5.41) is 0. The maximum absolute atomic E-state index is 12.2. The highest BCUT2D eigenvalue weighted by atomic mass is 16.5. The Kier molecular flexibility index (Phi) is 4.79. The fourth-order valence-corrected chi connectivity index (χ4v) is 3.55. The maximum atomic E-state index is 12.2. The number of hydrogen-bond acceptors (Lipinski definition) is 3. The van der Waals surface area contributed by atoms with Gasteiger partial charge in [-0.2, -0.15) is 0 Å². The molecule has 0 amide bonds. The highest BCUT2D eigenvalue weighted by molar-refractivity contribution is 5.93. The number of ketones is 1. The second-order valence-electron chi connectivity index (χ2n) is 6.07. The molecule has 1 unspecified atom stereocenters. The average molecular weight is 276 g/mol. The summed E-state index contributed by atoms with van der Waals surface area (Å²) in [6.07, 6.45) is 7.05. The topological polar surface area (TPSA) is 43.4 Å². The van der Waals surface area contributed by atoms with Crippen LogP contribution in [0.5, 0.6) is 0 Å². The number of rotatable bonds is 3. The maximum Gasteiger partial charge on any atom is 0.309 e. The van der Waals surface area contributed by atoms with Gasteiger partial charge in [-0.25, -0.2) is 0 Å². The van der Waals surface area contributed by atoms with Crippen molar-refractivity contribution >= 4 is 11.8 Å². The van der Waals surface area contributed by atoms with Crippen molar-refractivity contribution in [1.29, 1.82) is 0 Å². The van der Waals surface area contributed by atoms with Crippen molar-refractivity contribution in [3.05, 3.63) is 24.3 Å². The Bertz CT molecular complexity index is 436. The molecule has 2 rings (SSSR count). The summed E-state index contributed by atoms with van der Waals surface area (Å²) in [6, 6.07) is 0. The molecule has 20 heavy (non-hydrogen) atoms. The van der Waals surface area contributed by atoms with E-state index in [-0.39, 0.29) is 23.6 Å². The van der Waals surface area contributed by atoms with Crippen LogP contribution in [-0.4, -0.2) is 18.4 Å². The summed E-state index contributed by atoms with van der Waals surface area (Å²) in [6.45, 7) is 8.30. The molecule has 1 fully saturated rings. The van der Waals surface area contributed by atoms with Gasteiger partial charge < -0.3 is 4.74 Å². The smallest absolute Gasteiger partial charge is 0.309 e. The van der Waals surface area contributed by atoms with Crippen molar-refractivity contribution in [3.63, 3.8) is 0 Å². The third kappa shape index (κ3) is 3.20. The summed E-state index contributed by atoms with van der Waals surface area (Å²) >= 11 is 0. The molecule has 0 radical (unpaired) electrons. The predicted molar refractivity (Wildman–Crippen MR) is 78.0 cm³/mol. The minimum atomic E-state index is -0.287. The molecule has 1 saturated carbocycles. The van der Waals surface area contributed by atoms with Crippen molar-refractivity contribution in [2.75, 3.05) is 6.61 Å². The van der Waals surface area contributed by atoms with Gasteiger partial charge >= 0.3 is 5.97 Å². The summed E-state index contributed by atoms with van der Waals surface area (Å²) in [4.78, 5) is 24.1. The van der Waals surface area contributed by atoms with E-state index in [0.29, 0.717) is 24.9 Å². The largest absolute Gasteiger partial charge is 0.466 e. The first kappa shape index (κ1) is 15.0. The van der Waals surface area contributed by atoms with Crippen LogP contribution in [0, 0.1) is 23.7 Å². The zero-order valence-corrected chi connectivity index (χ0v) is 12.4. The van der Waals surface area contributed by atoms with E-state index in [1.165, 1.54) is 5.57 Å². The molecule has 0 aromatic heterocycles. The van der Waals surface area contributed by atoms with Gasteiger partial charge in [0.05, 0.1) is 12.5 Å². The van der Waals surface area contributed by atoms with Gasteiger partial charge in [-0.05, 0) is 56.9 Å². The Morgan fingerprint density at radius 3 is 2.85 bits per heavy atom. The molecule has 0 N–H and O–H groups in total. The van der Waals surface area contributed by atoms with Gasteiger partial charge in [-0.1, -0.05) is 18.2 Å². The number of hydrogen-bond donors (Lipinski definition) is 0. The third-order valence-corrected chi connectivity index (χ3v) is 4.71. The summed E-state index contributed by atoms with van der Waals surface area (Å²) in [5.41, 5.74) is 1.19. The van der Waals surface area contributed by atoms with Crippen LogP contribution in [0.3, 0.4) is 0 Å². The molecule has 0 heterocycles. The number of carbonyl (C=O) groups is 2. The second kappa shape index (κ2) is 6.38. The Morgan fingerprint density at radius 1 is 1.45 bits per heavy atom. The first-order valence-electron chi connectivity index (χ1n) is 7.56. The van der Waals surface area contributed by atoms with Crippen LogP contribution in [0.1, 0.15) is 39.5 Å². The van der Waals surface area contributed by atoms with E-state index in [4.69, 9.17) is 4.74 Å². The van der Waals surface area contributed by atoms with Crippen LogP contribution in [-0.2, 0) is 14.3 Å². The Balaban J connectivity index is 2.22. The molecule has 2 aliphatic rings. The van der Waals surface area contributed by atoms with E-state index in [9.17, 15) is 9.59 Å². The molecule has 0 aromatic rings. The quantitative estimate of drug-likeness (QED) is 0.587. The Hall–Kier alpha value is -1.38. The van der Waals surface area contributed by atoms with Gasteiger partial charge in [-0.3, -0.25) is 9.59 Å². The predicted octanol–water partition coefficient (Wildman–Crippen LogP) is 3.30. The van der Waals surface area contributed by atoms with Crippen LogP contribution in [0.4, 0.5) is 0 Å². The summed E-state index contributed by atoms with van der Waals surface area (Å²) in [5.74, 6) is 0.560. The lowest BCUT2D eigenvalue weighted by atomic mass is 9.67. The number of ether oxygens (including phenoxy) is 1. The lowest BCUT2D eigenvalue weighted by Crippen LogP contribution is -2.35. The molecule has 0 bridgehead atoms. The van der Waals surface area contributed by atoms with Gasteiger partial charge in [0.1, 0.15) is 0 Å². The molecule has 0 spiro atoms. The normalized spacial score (nSPS) is 33.2. The number of fused-ring (bicyclic) bond motifs is 1. The van der Waals surface area contributed by atoms with E-state index >= 15 is 0 Å². The van der Waals surface area contributed by atoms with Crippen LogP contribution in [0.25, 0.3) is 0 Å². The highest BCUT2D eigenvalue weighted by Gasteiger charge is 2.40. The molecular weight excluding hydrogens is 252 g/mol. The molecule has 0 saturated heterocycles. The Morgan fingerprint density at radius 2 is 2.20 bits per heavy atom. The SMILES string of the molecule is C=C(C)[C@@H]1CCC2C=CC(=O)C[C@H](C(=O)OCC)[C@H]2C1. The van der Waals surface area contributed by atoms with Crippen LogP contribution >= 0.6 is 0 Å². The lowest BCUT2D eigenvalue weighted by Gasteiger charge is -2.37. The number of esters is 1. The van der Waals surface area contributed by atoms with E-state index in [1.54, 1.807) is 6.08 Å². The monoisotopic (exact) mass is 276 g/mol. The minimum Gasteiger partial charge on any atom is -0.466 e. The minimum absolute atomic E-state index is 0.0457. The zero-order valence-electron chi connectivity index (χ0n) is 12.4. The number of carbonyl (C=O) groups excluding carboxylic acids is 2. The zero-order chi connectivity index (χ0) is 14.7. The highest BCUT2D eigenvalue weighted by Crippen LogP contribution is 2.44. The fourth-order valence-electron chi connectivity index (χ4n) is 3.55. The molecule has 3 heteroatoms. The third-order valence-electron chi connectivity index (χ3n) is 4.71. The lowest BCUT2D eigenvalue weighted by molar-refractivity contribution is -0.152. The van der Waals surface area contributed by atoms with Crippen molar-refractivity contribution in [2.24, 2.45) is 23.7 Å². The Labute approximate surface area is 121 Å². The fraction of sp³-hybridized carbons (Fsp3) is 0.647. The average Bonchev–Trinajstić information content (AvgIpc) is 2.58. The van der Waals surface area contributed by atoms with Gasteiger partial charge in [0.25, 0.3) is 0 Å². The molecule has 2 aliphatic carbocycles. The molecular formula is C17H24O3. The van der Waals surface area contributed by atoms with Crippen molar-refractivity contribution in [1.82, 2.24) is 0 Å². The van der Waals surface area contributed by atoms with Gasteiger partial charge in [0.15, 0.2) is 5.78 Å². The van der Waals surface area contributed by atoms with Gasteiger partial charge in [0.2, 0.25) is 0 Å².